The van der Waals surface area contributed by atoms with Crippen molar-refractivity contribution in [2.45, 2.75) is 32.6 Å². The van der Waals surface area contributed by atoms with Gasteiger partial charge in [-0.1, -0.05) is 13.0 Å². The molecule has 1 heterocycles. The van der Waals surface area contributed by atoms with Crippen molar-refractivity contribution in [2.75, 3.05) is 19.6 Å². The van der Waals surface area contributed by atoms with E-state index in [1.165, 1.54) is 6.07 Å². The minimum Gasteiger partial charge on any atom is -0.342 e. The molecule has 1 aliphatic rings. The lowest BCUT2D eigenvalue weighted by molar-refractivity contribution is -0.130. The van der Waals surface area contributed by atoms with Crippen LogP contribution in [0.1, 0.15) is 31.7 Å². The van der Waals surface area contributed by atoms with E-state index in [1.807, 2.05) is 4.90 Å². The maximum Gasteiger partial charge on any atom is 0.222 e. The molecule has 0 radical (unpaired) electrons. The molecule has 1 unspecified atom stereocenters. The average Bonchev–Trinajstić information content (AvgIpc) is 2.86. The molecular formula is C16H23ClF2N2O. The van der Waals surface area contributed by atoms with Crippen LogP contribution in [0.3, 0.4) is 0 Å². The minimum absolute atomic E-state index is 0. The lowest BCUT2D eigenvalue weighted by Crippen LogP contribution is -2.34. The quantitative estimate of drug-likeness (QED) is 0.901. The smallest absolute Gasteiger partial charge is 0.222 e. The van der Waals surface area contributed by atoms with E-state index in [9.17, 15) is 13.6 Å². The van der Waals surface area contributed by atoms with Gasteiger partial charge in [0, 0.05) is 19.5 Å². The van der Waals surface area contributed by atoms with Gasteiger partial charge in [0.05, 0.1) is 0 Å². The monoisotopic (exact) mass is 332 g/mol. The maximum absolute atomic E-state index is 13.1. The van der Waals surface area contributed by atoms with E-state index in [0.29, 0.717) is 32.4 Å². The van der Waals surface area contributed by atoms with E-state index in [0.717, 1.165) is 24.6 Å². The molecule has 2 rings (SSSR count). The summed E-state index contributed by atoms with van der Waals surface area (Å²) in [7, 11) is 0. The zero-order chi connectivity index (χ0) is 15.5. The Bertz CT molecular complexity index is 527. The number of nitrogens with two attached hydrogens (primary N) is 1. The molecule has 3 nitrogen and oxygen atoms in total. The number of carbonyl (C=O) groups excluding carboxylic acids is 1. The number of hydrogen-bond acceptors (Lipinski definition) is 2. The van der Waals surface area contributed by atoms with Crippen LogP contribution in [0.15, 0.2) is 18.2 Å². The van der Waals surface area contributed by atoms with Gasteiger partial charge in [-0.05, 0) is 48.9 Å². The first-order chi connectivity index (χ1) is 9.93. The third-order valence-corrected chi connectivity index (χ3v) is 4.24. The van der Waals surface area contributed by atoms with Crippen molar-refractivity contribution >= 4 is 18.3 Å². The van der Waals surface area contributed by atoms with E-state index in [-0.39, 0.29) is 23.7 Å². The lowest BCUT2D eigenvalue weighted by Gasteiger charge is -2.22. The van der Waals surface area contributed by atoms with Crippen molar-refractivity contribution in [2.24, 2.45) is 11.1 Å². The summed E-state index contributed by atoms with van der Waals surface area (Å²) in [6.45, 7) is 4.17. The standard InChI is InChI=1S/C16H22F2N2O.ClH/c1-16(10-19)7-8-20(11-16)15(21)4-2-3-12-5-6-13(17)14(18)9-12;/h5-6,9H,2-4,7-8,10-11,19H2,1H3;1H. The van der Waals surface area contributed by atoms with Crippen molar-refractivity contribution in [3.63, 3.8) is 0 Å². The molecule has 2 N–H and O–H groups in total. The van der Waals surface area contributed by atoms with Crippen molar-refractivity contribution < 1.29 is 13.6 Å². The lowest BCUT2D eigenvalue weighted by atomic mass is 9.90. The molecule has 0 aromatic heterocycles. The first-order valence-corrected chi connectivity index (χ1v) is 7.35. The molecular weight excluding hydrogens is 310 g/mol. The van der Waals surface area contributed by atoms with Gasteiger partial charge in [0.2, 0.25) is 5.91 Å². The van der Waals surface area contributed by atoms with Gasteiger partial charge in [-0.15, -0.1) is 12.4 Å². The van der Waals surface area contributed by atoms with Gasteiger partial charge in [0.25, 0.3) is 0 Å². The van der Waals surface area contributed by atoms with E-state index >= 15 is 0 Å². The Hall–Kier alpha value is -1.20. The Morgan fingerprint density at radius 2 is 2.09 bits per heavy atom. The predicted octanol–water partition coefficient (Wildman–Crippen LogP) is 2.91. The summed E-state index contributed by atoms with van der Waals surface area (Å²) < 4.78 is 25.9. The van der Waals surface area contributed by atoms with Crippen LogP contribution >= 0.6 is 12.4 Å². The molecule has 1 aromatic rings. The van der Waals surface area contributed by atoms with E-state index in [2.05, 4.69) is 6.92 Å². The SMILES string of the molecule is CC1(CN)CCN(C(=O)CCCc2ccc(F)c(F)c2)C1.Cl. The van der Waals surface area contributed by atoms with Crippen molar-refractivity contribution in [1.29, 1.82) is 0 Å². The molecule has 1 fully saturated rings. The second kappa shape index (κ2) is 7.88. The second-order valence-corrected chi connectivity index (χ2v) is 6.18. The Labute approximate surface area is 136 Å². The summed E-state index contributed by atoms with van der Waals surface area (Å²) in [5, 5.41) is 0. The van der Waals surface area contributed by atoms with Crippen molar-refractivity contribution in [1.82, 2.24) is 4.90 Å². The number of halogens is 3. The van der Waals surface area contributed by atoms with Gasteiger partial charge in [-0.25, -0.2) is 8.78 Å². The van der Waals surface area contributed by atoms with Crippen LogP contribution in [0.2, 0.25) is 0 Å². The topological polar surface area (TPSA) is 46.3 Å². The summed E-state index contributed by atoms with van der Waals surface area (Å²) in [4.78, 5) is 14.0. The van der Waals surface area contributed by atoms with Crippen LogP contribution in [0.4, 0.5) is 8.78 Å². The molecule has 0 spiro atoms. The number of rotatable bonds is 5. The Morgan fingerprint density at radius 3 is 2.68 bits per heavy atom. The zero-order valence-electron chi connectivity index (χ0n) is 12.8. The van der Waals surface area contributed by atoms with Crippen LogP contribution in [0.25, 0.3) is 0 Å². The molecule has 124 valence electrons. The number of amides is 1. The van der Waals surface area contributed by atoms with Crippen molar-refractivity contribution in [3.05, 3.63) is 35.4 Å². The zero-order valence-corrected chi connectivity index (χ0v) is 13.6. The number of nitrogens with zero attached hydrogens (tertiary/aromatic N) is 1. The van der Waals surface area contributed by atoms with Crippen LogP contribution in [-0.2, 0) is 11.2 Å². The normalized spacial score (nSPS) is 20.8. The summed E-state index contributed by atoms with van der Waals surface area (Å²) in [5.41, 5.74) is 6.48. The Balaban J connectivity index is 0.00000242. The molecule has 0 saturated carbocycles. The molecule has 22 heavy (non-hydrogen) atoms. The Kier molecular flexibility index (Phi) is 6.75. The van der Waals surface area contributed by atoms with Gasteiger partial charge in [0.15, 0.2) is 11.6 Å². The van der Waals surface area contributed by atoms with Crippen LogP contribution in [-0.4, -0.2) is 30.4 Å². The summed E-state index contributed by atoms with van der Waals surface area (Å²) in [6.07, 6.45) is 2.59. The molecule has 1 aliphatic heterocycles. The van der Waals surface area contributed by atoms with Gasteiger partial charge < -0.3 is 10.6 Å². The largest absolute Gasteiger partial charge is 0.342 e. The number of likely N-dealkylation sites (tertiary alicyclic amines) is 1. The Morgan fingerprint density at radius 1 is 1.36 bits per heavy atom. The maximum atomic E-state index is 13.1. The molecule has 1 amide bonds. The average molecular weight is 333 g/mol. The van der Waals surface area contributed by atoms with E-state index in [4.69, 9.17) is 5.73 Å². The summed E-state index contributed by atoms with van der Waals surface area (Å²) in [6, 6.07) is 3.88. The number of hydrogen-bond donors (Lipinski definition) is 1. The minimum atomic E-state index is -0.840. The molecule has 0 aliphatic carbocycles. The number of carbonyl (C=O) groups is 1. The first kappa shape index (κ1) is 18.8. The predicted molar refractivity (Wildman–Crippen MR) is 84.9 cm³/mol. The van der Waals surface area contributed by atoms with E-state index < -0.39 is 11.6 Å². The highest BCUT2D eigenvalue weighted by molar-refractivity contribution is 5.85. The van der Waals surface area contributed by atoms with Crippen molar-refractivity contribution in [3.8, 4) is 0 Å². The molecule has 1 saturated heterocycles. The fourth-order valence-corrected chi connectivity index (χ4v) is 2.70. The molecule has 0 bridgehead atoms. The van der Waals surface area contributed by atoms with Gasteiger partial charge >= 0.3 is 0 Å². The third kappa shape index (κ3) is 4.65. The highest BCUT2D eigenvalue weighted by Gasteiger charge is 2.34. The molecule has 1 atom stereocenters. The van der Waals surface area contributed by atoms with Crippen LogP contribution < -0.4 is 5.73 Å². The fraction of sp³-hybridized carbons (Fsp3) is 0.562. The third-order valence-electron chi connectivity index (χ3n) is 4.24. The number of benzene rings is 1. The number of aryl methyl sites for hydroxylation is 1. The second-order valence-electron chi connectivity index (χ2n) is 6.18. The summed E-state index contributed by atoms with van der Waals surface area (Å²) >= 11 is 0. The van der Waals surface area contributed by atoms with Gasteiger partial charge in [-0.3, -0.25) is 4.79 Å². The highest BCUT2D eigenvalue weighted by Crippen LogP contribution is 2.29. The fourth-order valence-electron chi connectivity index (χ4n) is 2.70. The molecule has 6 heteroatoms. The van der Waals surface area contributed by atoms with Crippen LogP contribution in [0.5, 0.6) is 0 Å². The first-order valence-electron chi connectivity index (χ1n) is 7.35. The van der Waals surface area contributed by atoms with E-state index in [1.54, 1.807) is 6.07 Å². The van der Waals surface area contributed by atoms with Gasteiger partial charge in [0.1, 0.15) is 0 Å². The van der Waals surface area contributed by atoms with Crippen LogP contribution in [0, 0.1) is 17.0 Å². The summed E-state index contributed by atoms with van der Waals surface area (Å²) in [5.74, 6) is -1.56. The van der Waals surface area contributed by atoms with Gasteiger partial charge in [-0.2, -0.15) is 0 Å². The highest BCUT2D eigenvalue weighted by atomic mass is 35.5. The molecule has 1 aromatic carbocycles.